The summed E-state index contributed by atoms with van der Waals surface area (Å²) in [7, 11) is 2.36. The lowest BCUT2D eigenvalue weighted by molar-refractivity contribution is -1.08. The highest BCUT2D eigenvalue weighted by molar-refractivity contribution is 6.22. The van der Waals surface area contributed by atoms with Crippen LogP contribution < -0.4 is 24.8 Å². The number of carboxylic acids is 1. The topological polar surface area (TPSA) is 94.9 Å². The molecule has 0 saturated carbocycles. The lowest BCUT2D eigenvalue weighted by Crippen LogP contribution is -3.00. The molecule has 5 heterocycles. The minimum atomic E-state index is -1.15. The van der Waals surface area contributed by atoms with Gasteiger partial charge in [-0.05, 0) is 53.8 Å². The van der Waals surface area contributed by atoms with E-state index < -0.39 is 18.0 Å². The Morgan fingerprint density at radius 1 is 0.950 bits per heavy atom. The molecule has 3 atom stereocenters. The molecular weight excluding hydrogens is 553 g/mol. The molecule has 0 radical (unpaired) electrons. The molecule has 2 bridgehead atoms. The summed E-state index contributed by atoms with van der Waals surface area (Å²) in [5, 5.41) is 20.0. The number of halogens is 2. The number of carbonyl (C=O) groups is 3. The Kier molecular flexibility index (Phi) is 6.95. The van der Waals surface area contributed by atoms with E-state index in [-0.39, 0.29) is 48.2 Å². The highest BCUT2D eigenvalue weighted by Gasteiger charge is 2.57. The van der Waals surface area contributed by atoms with E-state index >= 15 is 0 Å². The molecule has 212 valence electrons. The number of carboxylic acid groups (broad SMARTS) is 1. The molecule has 10 heteroatoms. The lowest BCUT2D eigenvalue weighted by Gasteiger charge is -2.54. The summed E-state index contributed by atoms with van der Waals surface area (Å²) in [5.74, 6) is -2.07. The Balaban J connectivity index is 0.00000161. The summed E-state index contributed by atoms with van der Waals surface area (Å²) in [4.78, 5) is 39.6. The summed E-state index contributed by atoms with van der Waals surface area (Å²) in [6.45, 7) is 9.72. The van der Waals surface area contributed by atoms with Gasteiger partial charge < -0.3 is 48.9 Å². The van der Waals surface area contributed by atoms with Crippen LogP contribution in [0.1, 0.15) is 40.4 Å². The molecule has 0 aromatic heterocycles. The van der Waals surface area contributed by atoms with Crippen LogP contribution in [0.15, 0.2) is 42.1 Å². The van der Waals surface area contributed by atoms with Crippen LogP contribution in [0.2, 0.25) is 0 Å². The standard InChI is InChI=1S/C30H32N3O5.2ClH/c1-17(34)26-25-15-22(27(30(37)38)31(25)29(26)36)19-4-6-21-23(14-19)20-5-3-18(13-24(20)28(21)35)16-33-10-7-32(2,8-11-33)9-12-33;;/h3-6,13-14,17,25-26,34H,7-12,15-16H2,1-2H3;2*1H/q+1;;/p-1/t17-,25-,26-,32?,33?;;/m1../s1. The number of β-lactam (4-membered cyclic amide) rings is 1. The van der Waals surface area contributed by atoms with Crippen molar-refractivity contribution in [3.8, 4) is 11.1 Å². The maximum absolute atomic E-state index is 13.4. The van der Waals surface area contributed by atoms with Gasteiger partial charge in [0.25, 0.3) is 0 Å². The number of ketones is 1. The number of rotatable bonds is 5. The van der Waals surface area contributed by atoms with E-state index in [0.717, 1.165) is 27.7 Å². The lowest BCUT2D eigenvalue weighted by atomic mass is 9.82. The zero-order valence-corrected chi connectivity index (χ0v) is 24.1. The molecule has 5 aliphatic heterocycles. The van der Waals surface area contributed by atoms with Crippen molar-refractivity contribution in [3.05, 3.63) is 64.3 Å². The average molecular weight is 587 g/mol. The SMILES string of the molecule is C[C@@H](O)[C@H]1C(=O)N2C(C(=O)O)=C(c3ccc4c(c3)-c3ccc(C[N+]56CC[N+](C)(CC5)CC6)cc3C4=O)C[C@H]12.[Cl-].[Cl-]. The Hall–Kier alpha value is -2.75. The molecule has 0 unspecified atom stereocenters. The second kappa shape index (κ2) is 9.67. The van der Waals surface area contributed by atoms with E-state index in [4.69, 9.17) is 0 Å². The molecule has 8 rings (SSSR count). The maximum Gasteiger partial charge on any atom is 0.352 e. The van der Waals surface area contributed by atoms with Gasteiger partial charge in [-0.2, -0.15) is 0 Å². The molecule has 2 aromatic rings. The predicted octanol–water partition coefficient (Wildman–Crippen LogP) is -3.90. The van der Waals surface area contributed by atoms with Crippen molar-refractivity contribution in [1.82, 2.24) is 4.90 Å². The van der Waals surface area contributed by atoms with Crippen molar-refractivity contribution in [3.63, 3.8) is 0 Å². The van der Waals surface area contributed by atoms with Gasteiger partial charge in [-0.1, -0.05) is 18.2 Å². The van der Waals surface area contributed by atoms with Crippen molar-refractivity contribution in [2.24, 2.45) is 5.92 Å². The van der Waals surface area contributed by atoms with Gasteiger partial charge in [0.1, 0.15) is 51.5 Å². The first kappa shape index (κ1) is 28.8. The van der Waals surface area contributed by atoms with Crippen molar-refractivity contribution >= 4 is 23.2 Å². The molecule has 0 spiro atoms. The zero-order valence-electron chi connectivity index (χ0n) is 22.6. The highest BCUT2D eigenvalue weighted by Crippen LogP contribution is 2.48. The smallest absolute Gasteiger partial charge is 0.352 e. The fourth-order valence-electron chi connectivity index (χ4n) is 7.59. The molecule has 2 N–H and O–H groups in total. The van der Waals surface area contributed by atoms with Gasteiger partial charge in [-0.25, -0.2) is 4.79 Å². The number of carbonyl (C=O) groups excluding carboxylic acids is 2. The largest absolute Gasteiger partial charge is 1.00 e. The van der Waals surface area contributed by atoms with Gasteiger partial charge in [-0.15, -0.1) is 0 Å². The van der Waals surface area contributed by atoms with Crippen LogP contribution in [-0.4, -0.2) is 100 Å². The summed E-state index contributed by atoms with van der Waals surface area (Å²) in [5.41, 5.74) is 5.52. The second-order valence-corrected chi connectivity index (χ2v) is 12.3. The molecule has 4 saturated heterocycles. The fourth-order valence-corrected chi connectivity index (χ4v) is 7.59. The van der Waals surface area contributed by atoms with Gasteiger partial charge in [0, 0.05) is 16.7 Å². The van der Waals surface area contributed by atoms with Gasteiger partial charge in [0.2, 0.25) is 5.91 Å². The number of aliphatic hydroxyl groups is 1. The summed E-state index contributed by atoms with van der Waals surface area (Å²) in [6, 6.07) is 11.4. The predicted molar refractivity (Wildman–Crippen MR) is 140 cm³/mol. The van der Waals surface area contributed by atoms with E-state index in [9.17, 15) is 24.6 Å². The number of hydrogen-bond acceptors (Lipinski definition) is 4. The van der Waals surface area contributed by atoms with E-state index in [1.165, 1.54) is 54.2 Å². The molecule has 1 amide bonds. The third-order valence-corrected chi connectivity index (χ3v) is 10.0. The Bertz CT molecular complexity index is 1460. The van der Waals surface area contributed by atoms with Crippen LogP contribution >= 0.6 is 0 Å². The van der Waals surface area contributed by atoms with Gasteiger partial charge in [-0.3, -0.25) is 9.59 Å². The third kappa shape index (κ3) is 4.03. The van der Waals surface area contributed by atoms with E-state index in [1.807, 2.05) is 12.1 Å². The molecule has 2 aromatic carbocycles. The van der Waals surface area contributed by atoms with Crippen molar-refractivity contribution in [2.45, 2.75) is 32.0 Å². The zero-order chi connectivity index (χ0) is 26.6. The molecule has 8 nitrogen and oxygen atoms in total. The molecule has 1 aliphatic carbocycles. The second-order valence-electron chi connectivity index (χ2n) is 12.3. The van der Waals surface area contributed by atoms with Crippen LogP contribution in [0.5, 0.6) is 0 Å². The van der Waals surface area contributed by atoms with Crippen molar-refractivity contribution in [1.29, 1.82) is 0 Å². The number of hydrogen-bond donors (Lipinski definition) is 2. The first-order valence-corrected chi connectivity index (χ1v) is 13.6. The van der Waals surface area contributed by atoms with E-state index in [1.54, 1.807) is 19.1 Å². The minimum absolute atomic E-state index is 0. The summed E-state index contributed by atoms with van der Waals surface area (Å²) >= 11 is 0. The van der Waals surface area contributed by atoms with Crippen LogP contribution in [0.3, 0.4) is 0 Å². The Morgan fingerprint density at radius 2 is 1.60 bits per heavy atom. The van der Waals surface area contributed by atoms with Gasteiger partial charge >= 0.3 is 5.97 Å². The number of nitrogens with zero attached hydrogens (tertiary/aromatic N) is 3. The Morgan fingerprint density at radius 3 is 2.23 bits per heavy atom. The number of fused-ring (bicyclic) bond motifs is 7. The van der Waals surface area contributed by atoms with Crippen LogP contribution in [0, 0.1) is 5.92 Å². The molecule has 4 fully saturated rings. The maximum atomic E-state index is 13.4. The number of aliphatic hydroxyl groups excluding tert-OH is 1. The summed E-state index contributed by atoms with van der Waals surface area (Å²) in [6.07, 6.45) is -0.458. The normalized spacial score (nSPS) is 30.1. The van der Waals surface area contributed by atoms with Crippen molar-refractivity contribution in [2.75, 3.05) is 46.3 Å². The van der Waals surface area contributed by atoms with Crippen LogP contribution in [-0.2, 0) is 16.1 Å². The number of likely N-dealkylation sites (N-methyl/N-ethyl adjacent to an activating group) is 1. The quantitative estimate of drug-likeness (QED) is 0.236. The van der Waals surface area contributed by atoms with Gasteiger partial charge in [0.15, 0.2) is 5.78 Å². The van der Waals surface area contributed by atoms with Crippen LogP contribution in [0.4, 0.5) is 0 Å². The average Bonchev–Trinajstić information content (AvgIpc) is 3.37. The molecule has 6 aliphatic rings. The first-order valence-electron chi connectivity index (χ1n) is 13.6. The number of quaternary nitrogens is 2. The highest BCUT2D eigenvalue weighted by atomic mass is 35.5. The van der Waals surface area contributed by atoms with Gasteiger partial charge in [0.05, 0.1) is 25.1 Å². The molecule has 40 heavy (non-hydrogen) atoms. The fraction of sp³-hybridized carbons (Fsp3) is 0.433. The minimum Gasteiger partial charge on any atom is -1.00 e. The first-order chi connectivity index (χ1) is 18.1. The number of amides is 1. The number of aliphatic carboxylic acids is 1. The molecular formula is C30H33Cl2N3O5. The Labute approximate surface area is 245 Å². The van der Waals surface area contributed by atoms with E-state index in [2.05, 4.69) is 19.2 Å². The number of piperazine rings is 3. The third-order valence-electron chi connectivity index (χ3n) is 10.0. The monoisotopic (exact) mass is 585 g/mol. The number of benzene rings is 2. The van der Waals surface area contributed by atoms with E-state index in [0.29, 0.717) is 23.1 Å². The van der Waals surface area contributed by atoms with Crippen molar-refractivity contribution < 1.29 is 58.4 Å². The van der Waals surface area contributed by atoms with Crippen LogP contribution in [0.25, 0.3) is 16.7 Å². The summed E-state index contributed by atoms with van der Waals surface area (Å²) < 4.78 is 2.29.